The summed E-state index contributed by atoms with van der Waals surface area (Å²) in [5.74, 6) is 1.87. The van der Waals surface area contributed by atoms with Crippen molar-refractivity contribution in [2.24, 2.45) is 0 Å². The Kier molecular flexibility index (Phi) is 6.09. The smallest absolute Gasteiger partial charge is 0.0431 e. The molecule has 3 rings (SSSR count). The Morgan fingerprint density at radius 3 is 2.75 bits per heavy atom. The molecule has 1 aliphatic rings. The third-order valence-corrected chi connectivity index (χ3v) is 5.69. The quantitative estimate of drug-likeness (QED) is 0.704. The number of aliphatic hydroxyl groups is 1. The molecular weight excluding hydrogens is 338 g/mol. The summed E-state index contributed by atoms with van der Waals surface area (Å²) in [6.45, 7) is 1.20. The van der Waals surface area contributed by atoms with Crippen LogP contribution in [0.15, 0.2) is 42.5 Å². The second-order valence-electron chi connectivity index (χ2n) is 6.33. The molecule has 0 saturated carbocycles. The van der Waals surface area contributed by atoms with Gasteiger partial charge in [-0.25, -0.2) is 0 Å². The summed E-state index contributed by atoms with van der Waals surface area (Å²) >= 11 is 7.92. The summed E-state index contributed by atoms with van der Waals surface area (Å²) in [5.41, 5.74) is 5.43. The first-order valence-corrected chi connectivity index (χ1v) is 10.2. The van der Waals surface area contributed by atoms with Gasteiger partial charge in [-0.3, -0.25) is 0 Å². The molecule has 0 saturated heterocycles. The number of anilines is 1. The fourth-order valence-electron chi connectivity index (χ4n) is 3.72. The van der Waals surface area contributed by atoms with Crippen molar-refractivity contribution >= 4 is 29.1 Å². The molecule has 0 amide bonds. The van der Waals surface area contributed by atoms with Gasteiger partial charge in [-0.05, 0) is 53.8 Å². The highest BCUT2D eigenvalue weighted by molar-refractivity contribution is 7.97. The summed E-state index contributed by atoms with van der Waals surface area (Å²) in [4.78, 5) is 0. The number of aliphatic hydroxyl groups excluding tert-OH is 1. The molecule has 2 unspecified atom stereocenters. The minimum absolute atomic E-state index is 0.240. The van der Waals surface area contributed by atoms with Gasteiger partial charge in [0.1, 0.15) is 0 Å². The van der Waals surface area contributed by atoms with Crippen LogP contribution in [0.25, 0.3) is 0 Å². The largest absolute Gasteiger partial charge is 0.396 e. The third-order valence-electron chi connectivity index (χ3n) is 4.84. The van der Waals surface area contributed by atoms with E-state index in [1.165, 1.54) is 22.4 Å². The van der Waals surface area contributed by atoms with E-state index in [4.69, 9.17) is 11.6 Å². The molecule has 4 heteroatoms. The molecule has 2 N–H and O–H groups in total. The van der Waals surface area contributed by atoms with Crippen LogP contribution < -0.4 is 5.32 Å². The highest BCUT2D eigenvalue weighted by atomic mass is 35.5. The summed E-state index contributed by atoms with van der Waals surface area (Å²) in [6, 6.07) is 14.9. The fraction of sp³-hybridized carbons (Fsp3) is 0.400. The number of para-hydroxylation sites is 1. The molecule has 1 aliphatic heterocycles. The van der Waals surface area contributed by atoms with Crippen LogP contribution in [0.2, 0.25) is 5.02 Å². The van der Waals surface area contributed by atoms with Gasteiger partial charge >= 0.3 is 0 Å². The fourth-order valence-corrected chi connectivity index (χ4v) is 4.40. The Balaban J connectivity index is 1.93. The van der Waals surface area contributed by atoms with Crippen molar-refractivity contribution < 1.29 is 5.11 Å². The lowest BCUT2D eigenvalue weighted by atomic mass is 9.79. The maximum Gasteiger partial charge on any atom is 0.0431 e. The minimum atomic E-state index is 0.240. The summed E-state index contributed by atoms with van der Waals surface area (Å²) in [6.07, 6.45) is 3.95. The van der Waals surface area contributed by atoms with E-state index in [0.29, 0.717) is 11.8 Å². The Morgan fingerprint density at radius 1 is 1.25 bits per heavy atom. The molecule has 0 aliphatic carbocycles. The number of nitrogens with one attached hydrogen (secondary N) is 1. The summed E-state index contributed by atoms with van der Waals surface area (Å²) < 4.78 is 0. The van der Waals surface area contributed by atoms with Gasteiger partial charge < -0.3 is 10.4 Å². The van der Waals surface area contributed by atoms with Gasteiger partial charge in [0.05, 0.1) is 0 Å². The van der Waals surface area contributed by atoms with Gasteiger partial charge in [-0.1, -0.05) is 41.9 Å². The summed E-state index contributed by atoms with van der Waals surface area (Å²) in [5, 5.41) is 13.7. The van der Waals surface area contributed by atoms with Gasteiger partial charge in [0.2, 0.25) is 0 Å². The molecule has 2 aromatic carbocycles. The molecule has 2 nitrogen and oxygen atoms in total. The zero-order valence-corrected chi connectivity index (χ0v) is 15.5. The molecule has 1 heterocycles. The molecule has 2 atom stereocenters. The normalized spacial score (nSPS) is 17.4. The number of benzene rings is 2. The Hall–Kier alpha value is -1.16. The van der Waals surface area contributed by atoms with Gasteiger partial charge in [0.25, 0.3) is 0 Å². The molecule has 0 fully saturated rings. The maximum absolute atomic E-state index is 9.32. The number of hydrogen-bond donors (Lipinski definition) is 2. The first-order chi connectivity index (χ1) is 11.7. The number of thioether (sulfide) groups is 1. The van der Waals surface area contributed by atoms with Gasteiger partial charge in [-0.15, -0.1) is 0 Å². The van der Waals surface area contributed by atoms with E-state index in [1.807, 2.05) is 23.9 Å². The molecule has 0 bridgehead atoms. The van der Waals surface area contributed by atoms with Gasteiger partial charge in [0, 0.05) is 35.5 Å². The second-order valence-corrected chi connectivity index (χ2v) is 7.63. The van der Waals surface area contributed by atoms with Crippen LogP contribution in [-0.2, 0) is 5.75 Å². The summed E-state index contributed by atoms with van der Waals surface area (Å²) in [7, 11) is 0. The van der Waals surface area contributed by atoms with Crippen molar-refractivity contribution in [2.45, 2.75) is 30.4 Å². The van der Waals surface area contributed by atoms with E-state index < -0.39 is 0 Å². The van der Waals surface area contributed by atoms with Crippen molar-refractivity contribution in [1.82, 2.24) is 0 Å². The first kappa shape index (κ1) is 17.7. The molecule has 0 aromatic heterocycles. The molecule has 128 valence electrons. The van der Waals surface area contributed by atoms with Crippen molar-refractivity contribution in [3.05, 3.63) is 64.2 Å². The zero-order valence-electron chi connectivity index (χ0n) is 14.0. The van der Waals surface area contributed by atoms with E-state index >= 15 is 0 Å². The first-order valence-electron chi connectivity index (χ1n) is 8.45. The van der Waals surface area contributed by atoms with Crippen LogP contribution in [0.4, 0.5) is 5.69 Å². The van der Waals surface area contributed by atoms with Crippen LogP contribution >= 0.6 is 23.4 Å². The number of halogens is 1. The molecule has 24 heavy (non-hydrogen) atoms. The number of hydrogen-bond acceptors (Lipinski definition) is 3. The van der Waals surface area contributed by atoms with E-state index in [1.54, 1.807) is 0 Å². The van der Waals surface area contributed by atoms with Crippen LogP contribution in [0, 0.1) is 0 Å². The second kappa shape index (κ2) is 8.28. The van der Waals surface area contributed by atoms with Crippen LogP contribution in [0.1, 0.15) is 41.4 Å². The lowest BCUT2D eigenvalue weighted by molar-refractivity contribution is 0.276. The van der Waals surface area contributed by atoms with E-state index in [9.17, 15) is 5.11 Å². The topological polar surface area (TPSA) is 32.3 Å². The van der Waals surface area contributed by atoms with Crippen LogP contribution in [0.3, 0.4) is 0 Å². The lowest BCUT2D eigenvalue weighted by Crippen LogP contribution is -2.14. The van der Waals surface area contributed by atoms with E-state index in [0.717, 1.165) is 30.2 Å². The molecule has 2 aromatic rings. The number of fused-ring (bicyclic) bond motifs is 1. The lowest BCUT2D eigenvalue weighted by Gasteiger charge is -2.24. The maximum atomic E-state index is 9.32. The molecule has 0 spiro atoms. The highest BCUT2D eigenvalue weighted by Gasteiger charge is 2.31. The van der Waals surface area contributed by atoms with Crippen molar-refractivity contribution in [1.29, 1.82) is 0 Å². The molecular formula is C20H24ClNOS. The van der Waals surface area contributed by atoms with Gasteiger partial charge in [-0.2, -0.15) is 11.8 Å². The highest BCUT2D eigenvalue weighted by Crippen LogP contribution is 2.45. The van der Waals surface area contributed by atoms with E-state index in [2.05, 4.69) is 41.9 Å². The Morgan fingerprint density at radius 2 is 2.04 bits per heavy atom. The average molecular weight is 362 g/mol. The Bertz CT molecular complexity index is 674. The predicted octanol–water partition coefficient (Wildman–Crippen LogP) is 5.27. The van der Waals surface area contributed by atoms with Crippen molar-refractivity contribution in [2.75, 3.05) is 24.7 Å². The Labute approximate surface area is 153 Å². The van der Waals surface area contributed by atoms with Gasteiger partial charge in [0.15, 0.2) is 0 Å². The monoisotopic (exact) mass is 361 g/mol. The predicted molar refractivity (Wildman–Crippen MR) is 105 cm³/mol. The van der Waals surface area contributed by atoms with Crippen molar-refractivity contribution in [3.8, 4) is 0 Å². The SMILES string of the molecule is CSCc1cccc2c1NCC2C(CCCO)c1ccc(Cl)cc1. The standard InChI is InChI=1S/C20H24ClNOS/c1-24-13-15-4-2-5-18-19(12-22-20(15)18)17(6-3-11-23)14-7-9-16(21)10-8-14/h2,4-5,7-10,17,19,22-23H,3,6,11-13H2,1H3. The zero-order chi connectivity index (χ0) is 16.9. The number of rotatable bonds is 7. The average Bonchev–Trinajstić information content (AvgIpc) is 3.02. The van der Waals surface area contributed by atoms with Crippen LogP contribution in [0.5, 0.6) is 0 Å². The molecule has 0 radical (unpaired) electrons. The van der Waals surface area contributed by atoms with E-state index in [-0.39, 0.29) is 6.61 Å². The minimum Gasteiger partial charge on any atom is -0.396 e. The van der Waals surface area contributed by atoms with Crippen LogP contribution in [-0.4, -0.2) is 24.5 Å². The van der Waals surface area contributed by atoms with Crippen molar-refractivity contribution in [3.63, 3.8) is 0 Å². The third kappa shape index (κ3) is 3.74.